The van der Waals surface area contributed by atoms with Crippen LogP contribution in [0.2, 0.25) is 0 Å². The fourth-order valence-electron chi connectivity index (χ4n) is 1.70. The van der Waals surface area contributed by atoms with Gasteiger partial charge in [0.25, 0.3) is 0 Å². The molecular formula is C13H17N3O. The summed E-state index contributed by atoms with van der Waals surface area (Å²) in [6.07, 6.45) is 3.61. The molecule has 0 aliphatic rings. The number of ether oxygens (including phenoxy) is 1. The summed E-state index contributed by atoms with van der Waals surface area (Å²) < 4.78 is 5.14. The Balaban J connectivity index is 2.08. The molecule has 1 aromatic carbocycles. The molecule has 1 aromatic heterocycles. The minimum atomic E-state index is 0.704. The van der Waals surface area contributed by atoms with Gasteiger partial charge in [-0.15, -0.1) is 0 Å². The van der Waals surface area contributed by atoms with Crippen LogP contribution < -0.4 is 4.90 Å². The van der Waals surface area contributed by atoms with Gasteiger partial charge >= 0.3 is 0 Å². The van der Waals surface area contributed by atoms with Crippen LogP contribution in [-0.4, -0.2) is 30.2 Å². The molecule has 4 nitrogen and oxygen atoms in total. The highest BCUT2D eigenvalue weighted by molar-refractivity contribution is 5.45. The first kappa shape index (κ1) is 11.7. The second-order valence-corrected chi connectivity index (χ2v) is 3.79. The van der Waals surface area contributed by atoms with Crippen LogP contribution in [-0.2, 0) is 11.3 Å². The van der Waals surface area contributed by atoms with E-state index in [2.05, 4.69) is 27.0 Å². The Kier molecular flexibility index (Phi) is 4.16. The lowest BCUT2D eigenvalue weighted by molar-refractivity contribution is 0.205. The zero-order chi connectivity index (χ0) is 11.9. The van der Waals surface area contributed by atoms with Crippen molar-refractivity contribution in [1.29, 1.82) is 0 Å². The molecule has 2 rings (SSSR count). The van der Waals surface area contributed by atoms with Crippen molar-refractivity contribution in [2.45, 2.75) is 6.54 Å². The number of H-pyrrole nitrogens is 1. The zero-order valence-corrected chi connectivity index (χ0v) is 9.97. The van der Waals surface area contributed by atoms with Crippen molar-refractivity contribution in [3.05, 3.63) is 48.5 Å². The van der Waals surface area contributed by atoms with Crippen LogP contribution in [0.5, 0.6) is 0 Å². The van der Waals surface area contributed by atoms with Gasteiger partial charge in [-0.05, 0) is 12.1 Å². The zero-order valence-electron chi connectivity index (χ0n) is 9.97. The first-order valence-electron chi connectivity index (χ1n) is 5.67. The smallest absolute Gasteiger partial charge is 0.125 e. The van der Waals surface area contributed by atoms with Crippen molar-refractivity contribution in [3.63, 3.8) is 0 Å². The maximum atomic E-state index is 5.14. The molecule has 17 heavy (non-hydrogen) atoms. The Bertz CT molecular complexity index is 413. The molecule has 0 unspecified atom stereocenters. The molecule has 0 saturated carbocycles. The topological polar surface area (TPSA) is 41.1 Å². The summed E-state index contributed by atoms with van der Waals surface area (Å²) in [4.78, 5) is 9.61. The molecule has 0 aliphatic carbocycles. The third-order valence-corrected chi connectivity index (χ3v) is 2.58. The van der Waals surface area contributed by atoms with Crippen LogP contribution in [0.25, 0.3) is 0 Å². The summed E-state index contributed by atoms with van der Waals surface area (Å²) in [5, 5.41) is 0. The maximum Gasteiger partial charge on any atom is 0.125 e. The Morgan fingerprint density at radius 3 is 2.76 bits per heavy atom. The van der Waals surface area contributed by atoms with Crippen molar-refractivity contribution in [2.24, 2.45) is 0 Å². The molecule has 0 radical (unpaired) electrons. The normalized spacial score (nSPS) is 10.4. The number of para-hydroxylation sites is 1. The average molecular weight is 231 g/mol. The van der Waals surface area contributed by atoms with Crippen LogP contribution in [0, 0.1) is 0 Å². The van der Waals surface area contributed by atoms with E-state index >= 15 is 0 Å². The van der Waals surface area contributed by atoms with Gasteiger partial charge < -0.3 is 14.6 Å². The van der Waals surface area contributed by atoms with Gasteiger partial charge in [-0.3, -0.25) is 0 Å². The van der Waals surface area contributed by atoms with Crippen molar-refractivity contribution < 1.29 is 4.74 Å². The predicted octanol–water partition coefficient (Wildman–Crippen LogP) is 2.06. The number of hydrogen-bond acceptors (Lipinski definition) is 3. The largest absolute Gasteiger partial charge is 0.383 e. The number of rotatable bonds is 6. The molecule has 0 bridgehead atoms. The number of aromatic amines is 1. The van der Waals surface area contributed by atoms with Crippen LogP contribution in [0.3, 0.4) is 0 Å². The summed E-state index contributed by atoms with van der Waals surface area (Å²) in [5.41, 5.74) is 1.18. The summed E-state index contributed by atoms with van der Waals surface area (Å²) in [6.45, 7) is 2.32. The number of benzene rings is 1. The SMILES string of the molecule is COCCN(Cc1ncc[nH]1)c1ccccc1. The predicted molar refractivity (Wildman–Crippen MR) is 68.0 cm³/mol. The van der Waals surface area contributed by atoms with E-state index in [1.807, 2.05) is 24.4 Å². The monoisotopic (exact) mass is 231 g/mol. The summed E-state index contributed by atoms with van der Waals surface area (Å²) in [7, 11) is 1.72. The molecule has 1 N–H and O–H groups in total. The number of nitrogens with one attached hydrogen (secondary N) is 1. The highest BCUT2D eigenvalue weighted by Crippen LogP contribution is 2.14. The van der Waals surface area contributed by atoms with E-state index < -0.39 is 0 Å². The van der Waals surface area contributed by atoms with Crippen LogP contribution >= 0.6 is 0 Å². The number of hydrogen-bond donors (Lipinski definition) is 1. The number of nitrogens with zero attached hydrogens (tertiary/aromatic N) is 2. The molecule has 2 aromatic rings. The van der Waals surface area contributed by atoms with E-state index in [0.717, 1.165) is 18.9 Å². The van der Waals surface area contributed by atoms with Gasteiger partial charge in [-0.1, -0.05) is 18.2 Å². The van der Waals surface area contributed by atoms with Crippen LogP contribution in [0.1, 0.15) is 5.82 Å². The van der Waals surface area contributed by atoms with E-state index in [1.54, 1.807) is 13.3 Å². The minimum absolute atomic E-state index is 0.704. The van der Waals surface area contributed by atoms with Gasteiger partial charge in [0.1, 0.15) is 5.82 Å². The molecule has 90 valence electrons. The van der Waals surface area contributed by atoms with Gasteiger partial charge in [-0.2, -0.15) is 0 Å². The third-order valence-electron chi connectivity index (χ3n) is 2.58. The molecule has 0 aliphatic heterocycles. The molecule has 0 spiro atoms. The number of anilines is 1. The third kappa shape index (κ3) is 3.32. The quantitative estimate of drug-likeness (QED) is 0.827. The second-order valence-electron chi connectivity index (χ2n) is 3.79. The van der Waals surface area contributed by atoms with E-state index in [9.17, 15) is 0 Å². The van der Waals surface area contributed by atoms with Crippen LogP contribution in [0.15, 0.2) is 42.7 Å². The lowest BCUT2D eigenvalue weighted by Crippen LogP contribution is -2.27. The van der Waals surface area contributed by atoms with E-state index in [4.69, 9.17) is 4.74 Å². The van der Waals surface area contributed by atoms with Gasteiger partial charge in [0.2, 0.25) is 0 Å². The van der Waals surface area contributed by atoms with Gasteiger partial charge in [0, 0.05) is 31.7 Å². The summed E-state index contributed by atoms with van der Waals surface area (Å²) in [6, 6.07) is 10.3. The molecule has 0 fully saturated rings. The number of imidazole rings is 1. The fourth-order valence-corrected chi connectivity index (χ4v) is 1.70. The number of methoxy groups -OCH3 is 1. The molecular weight excluding hydrogens is 214 g/mol. The minimum Gasteiger partial charge on any atom is -0.383 e. The Labute approximate surface area is 101 Å². The van der Waals surface area contributed by atoms with E-state index in [-0.39, 0.29) is 0 Å². The number of aromatic nitrogens is 2. The average Bonchev–Trinajstić information content (AvgIpc) is 2.88. The van der Waals surface area contributed by atoms with Crippen molar-refractivity contribution in [3.8, 4) is 0 Å². The van der Waals surface area contributed by atoms with Crippen molar-refractivity contribution in [1.82, 2.24) is 9.97 Å². The van der Waals surface area contributed by atoms with Crippen molar-refractivity contribution >= 4 is 5.69 Å². The molecule has 0 atom stereocenters. The van der Waals surface area contributed by atoms with E-state index in [0.29, 0.717) is 6.61 Å². The molecule has 4 heteroatoms. The summed E-state index contributed by atoms with van der Waals surface area (Å²) >= 11 is 0. The highest BCUT2D eigenvalue weighted by atomic mass is 16.5. The lowest BCUT2D eigenvalue weighted by atomic mass is 10.3. The Morgan fingerprint density at radius 2 is 2.12 bits per heavy atom. The Morgan fingerprint density at radius 1 is 1.29 bits per heavy atom. The van der Waals surface area contributed by atoms with Crippen molar-refractivity contribution in [2.75, 3.05) is 25.2 Å². The van der Waals surface area contributed by atoms with Crippen LogP contribution in [0.4, 0.5) is 5.69 Å². The van der Waals surface area contributed by atoms with Gasteiger partial charge in [0.15, 0.2) is 0 Å². The van der Waals surface area contributed by atoms with Gasteiger partial charge in [0.05, 0.1) is 13.2 Å². The molecule has 0 amide bonds. The first-order chi connectivity index (χ1) is 8.40. The van der Waals surface area contributed by atoms with Gasteiger partial charge in [-0.25, -0.2) is 4.98 Å². The lowest BCUT2D eigenvalue weighted by Gasteiger charge is -2.23. The Hall–Kier alpha value is -1.81. The van der Waals surface area contributed by atoms with E-state index in [1.165, 1.54) is 5.69 Å². The fraction of sp³-hybridized carbons (Fsp3) is 0.308. The standard InChI is InChI=1S/C13H17N3O/c1-17-10-9-16(11-13-14-7-8-15-13)12-5-3-2-4-6-12/h2-8H,9-11H2,1H3,(H,14,15). The molecule has 1 heterocycles. The molecule has 0 saturated heterocycles. The summed E-state index contributed by atoms with van der Waals surface area (Å²) in [5.74, 6) is 0.963. The highest BCUT2D eigenvalue weighted by Gasteiger charge is 2.07. The first-order valence-corrected chi connectivity index (χ1v) is 5.67. The maximum absolute atomic E-state index is 5.14. The second kappa shape index (κ2) is 6.06.